The first kappa shape index (κ1) is 19.6. The van der Waals surface area contributed by atoms with Gasteiger partial charge in [0.05, 0.1) is 27.9 Å². The van der Waals surface area contributed by atoms with Crippen molar-refractivity contribution in [3.63, 3.8) is 0 Å². The van der Waals surface area contributed by atoms with Gasteiger partial charge in [-0.3, -0.25) is 9.59 Å². The highest BCUT2D eigenvalue weighted by molar-refractivity contribution is 7.86. The molecule has 4 unspecified atom stereocenters. The maximum absolute atomic E-state index is 13.3. The molecule has 6 nitrogen and oxygen atoms in total. The molecule has 0 saturated heterocycles. The highest BCUT2D eigenvalue weighted by atomic mass is 32.2. The number of aryl methyl sites for hydroxylation is 1. The van der Waals surface area contributed by atoms with E-state index in [1.807, 2.05) is 13.8 Å². The van der Waals surface area contributed by atoms with Crippen LogP contribution < -0.4 is 4.74 Å². The molecule has 3 aliphatic rings. The SMILES string of the molecule is COc1ccc2c(c1)CCC(C(C13CCC(CC1=O)C3(C)C)S(=O)(=O)[O-])C2=O. The molecule has 3 aliphatic carbocycles. The van der Waals surface area contributed by atoms with Crippen LogP contribution in [0.2, 0.25) is 0 Å². The predicted octanol–water partition coefficient (Wildman–Crippen LogP) is 2.75. The van der Waals surface area contributed by atoms with E-state index in [2.05, 4.69) is 0 Å². The molecule has 2 saturated carbocycles. The van der Waals surface area contributed by atoms with Gasteiger partial charge in [0.2, 0.25) is 0 Å². The van der Waals surface area contributed by atoms with E-state index in [0.717, 1.165) is 12.0 Å². The van der Waals surface area contributed by atoms with E-state index in [9.17, 15) is 22.6 Å². The maximum atomic E-state index is 13.3. The molecule has 28 heavy (non-hydrogen) atoms. The number of ketones is 2. The summed E-state index contributed by atoms with van der Waals surface area (Å²) in [5.41, 5.74) is -0.642. The molecule has 0 aliphatic heterocycles. The predicted molar refractivity (Wildman–Crippen MR) is 101 cm³/mol. The highest BCUT2D eigenvalue weighted by Gasteiger charge is 2.70. The van der Waals surface area contributed by atoms with Gasteiger partial charge in [0.1, 0.15) is 11.5 Å². The monoisotopic (exact) mass is 405 g/mol. The molecule has 0 amide bonds. The summed E-state index contributed by atoms with van der Waals surface area (Å²) in [6.07, 6.45) is 2.12. The zero-order chi connectivity index (χ0) is 20.5. The summed E-state index contributed by atoms with van der Waals surface area (Å²) in [7, 11) is -3.32. The van der Waals surface area contributed by atoms with Crippen molar-refractivity contribution >= 4 is 21.7 Å². The van der Waals surface area contributed by atoms with Crippen LogP contribution in [0.15, 0.2) is 18.2 Å². The lowest BCUT2D eigenvalue weighted by atomic mass is 9.62. The number of rotatable bonds is 4. The van der Waals surface area contributed by atoms with Crippen LogP contribution in [0.1, 0.15) is 55.5 Å². The summed E-state index contributed by atoms with van der Waals surface area (Å²) in [6, 6.07) is 5.07. The summed E-state index contributed by atoms with van der Waals surface area (Å²) in [5, 5.41) is -1.50. The molecule has 7 heteroatoms. The Morgan fingerprint density at radius 3 is 2.46 bits per heavy atom. The normalized spacial score (nSPS) is 32.3. The topological polar surface area (TPSA) is 101 Å². The Kier molecular flexibility index (Phi) is 4.29. The van der Waals surface area contributed by atoms with Crippen molar-refractivity contribution in [2.75, 3.05) is 7.11 Å². The molecule has 152 valence electrons. The standard InChI is InChI=1S/C21H26O6S/c1-20(2)13-8-9-21(20,17(22)11-13)19(28(24,25)26)16-6-4-12-10-14(27-3)5-7-15(12)18(16)23/h5,7,10,13,16,19H,4,6,8-9,11H2,1-3H3,(H,24,25,26)/p-1. The molecule has 1 aromatic rings. The van der Waals surface area contributed by atoms with Gasteiger partial charge < -0.3 is 9.29 Å². The summed E-state index contributed by atoms with van der Waals surface area (Å²) >= 11 is 0. The lowest BCUT2D eigenvalue weighted by Crippen LogP contribution is -2.55. The van der Waals surface area contributed by atoms with Crippen LogP contribution in [-0.4, -0.2) is 36.9 Å². The molecule has 0 spiro atoms. The molecule has 0 heterocycles. The van der Waals surface area contributed by atoms with Crippen molar-refractivity contribution in [1.82, 2.24) is 0 Å². The van der Waals surface area contributed by atoms with Crippen LogP contribution in [-0.2, 0) is 21.3 Å². The van der Waals surface area contributed by atoms with Gasteiger partial charge in [0, 0.05) is 17.9 Å². The van der Waals surface area contributed by atoms with Crippen molar-refractivity contribution in [1.29, 1.82) is 0 Å². The van der Waals surface area contributed by atoms with E-state index >= 15 is 0 Å². The van der Waals surface area contributed by atoms with Crippen molar-refractivity contribution in [3.05, 3.63) is 29.3 Å². The zero-order valence-corrected chi connectivity index (χ0v) is 17.2. The van der Waals surface area contributed by atoms with Gasteiger partial charge in [0.15, 0.2) is 5.78 Å². The van der Waals surface area contributed by atoms with Gasteiger partial charge in [-0.1, -0.05) is 13.8 Å². The number of methoxy groups -OCH3 is 1. The lowest BCUT2D eigenvalue weighted by Gasteiger charge is -2.47. The van der Waals surface area contributed by atoms with Gasteiger partial charge in [0.25, 0.3) is 0 Å². The van der Waals surface area contributed by atoms with Crippen LogP contribution in [0, 0.1) is 22.7 Å². The highest BCUT2D eigenvalue weighted by Crippen LogP contribution is 2.67. The van der Waals surface area contributed by atoms with E-state index in [4.69, 9.17) is 4.74 Å². The number of hydrogen-bond acceptors (Lipinski definition) is 6. The third-order valence-corrected chi connectivity index (χ3v) is 9.14. The molecule has 0 aromatic heterocycles. The van der Waals surface area contributed by atoms with E-state index in [0.29, 0.717) is 30.6 Å². The second-order valence-corrected chi connectivity index (χ2v) is 10.5. The quantitative estimate of drug-likeness (QED) is 0.714. The summed E-state index contributed by atoms with van der Waals surface area (Å²) in [5.74, 6) is -0.793. The Hall–Kier alpha value is -1.73. The minimum absolute atomic E-state index is 0.0690. The number of carbonyl (C=O) groups is 2. The number of fused-ring (bicyclic) bond motifs is 3. The Morgan fingerprint density at radius 1 is 1.21 bits per heavy atom. The number of hydrogen-bond donors (Lipinski definition) is 0. The van der Waals surface area contributed by atoms with E-state index in [1.54, 1.807) is 25.3 Å². The van der Waals surface area contributed by atoms with Crippen molar-refractivity contribution in [2.24, 2.45) is 22.7 Å². The zero-order valence-electron chi connectivity index (χ0n) is 16.4. The average Bonchev–Trinajstić information content (AvgIpc) is 2.97. The minimum atomic E-state index is -4.86. The average molecular weight is 405 g/mol. The first-order valence-electron chi connectivity index (χ1n) is 9.73. The Labute approximate surface area is 165 Å². The summed E-state index contributed by atoms with van der Waals surface area (Å²) < 4.78 is 42.7. The van der Waals surface area contributed by atoms with Crippen molar-refractivity contribution in [3.8, 4) is 5.75 Å². The van der Waals surface area contributed by atoms with Crippen LogP contribution in [0.4, 0.5) is 0 Å². The molecule has 4 atom stereocenters. The molecular formula is C21H25O6S-. The van der Waals surface area contributed by atoms with Crippen molar-refractivity contribution in [2.45, 2.75) is 51.2 Å². The molecule has 4 rings (SSSR count). The van der Waals surface area contributed by atoms with Crippen LogP contribution in [0.5, 0.6) is 5.75 Å². The number of Topliss-reactive ketones (excluding diaryl/α,β-unsaturated/α-hetero) is 2. The number of ether oxygens (including phenoxy) is 1. The summed E-state index contributed by atoms with van der Waals surface area (Å²) in [6.45, 7) is 3.78. The molecular weight excluding hydrogens is 380 g/mol. The molecule has 0 radical (unpaired) electrons. The van der Waals surface area contributed by atoms with Gasteiger partial charge >= 0.3 is 0 Å². The van der Waals surface area contributed by atoms with Gasteiger partial charge in [-0.05, 0) is 60.8 Å². The fraction of sp³-hybridized carbons (Fsp3) is 0.619. The Morgan fingerprint density at radius 2 is 1.93 bits per heavy atom. The third-order valence-electron chi connectivity index (χ3n) is 7.79. The van der Waals surface area contributed by atoms with E-state index in [1.165, 1.54) is 0 Å². The minimum Gasteiger partial charge on any atom is -0.748 e. The van der Waals surface area contributed by atoms with Crippen LogP contribution in [0.3, 0.4) is 0 Å². The lowest BCUT2D eigenvalue weighted by molar-refractivity contribution is -0.130. The molecule has 1 aromatic carbocycles. The Bertz CT molecular complexity index is 963. The molecule has 2 fully saturated rings. The second-order valence-electron chi connectivity index (χ2n) is 9.00. The first-order valence-corrected chi connectivity index (χ1v) is 11.2. The largest absolute Gasteiger partial charge is 0.748 e. The number of benzene rings is 1. The van der Waals surface area contributed by atoms with Gasteiger partial charge in [-0.25, -0.2) is 8.42 Å². The van der Waals surface area contributed by atoms with Crippen LogP contribution in [0.25, 0.3) is 0 Å². The van der Waals surface area contributed by atoms with E-state index in [-0.39, 0.29) is 23.9 Å². The maximum Gasteiger partial charge on any atom is 0.167 e. The number of carbonyl (C=O) groups excluding carboxylic acids is 2. The second kappa shape index (κ2) is 6.13. The fourth-order valence-corrected chi connectivity index (χ4v) is 7.95. The smallest absolute Gasteiger partial charge is 0.167 e. The third kappa shape index (κ3) is 2.45. The van der Waals surface area contributed by atoms with E-state index < -0.39 is 32.1 Å². The Balaban J connectivity index is 1.83. The van der Waals surface area contributed by atoms with Gasteiger partial charge in [-0.15, -0.1) is 0 Å². The molecule has 0 N–H and O–H groups in total. The molecule has 2 bridgehead atoms. The van der Waals surface area contributed by atoms with Gasteiger partial charge in [-0.2, -0.15) is 0 Å². The first-order chi connectivity index (χ1) is 13.0. The summed E-state index contributed by atoms with van der Waals surface area (Å²) in [4.78, 5) is 26.3. The van der Waals surface area contributed by atoms with Crippen LogP contribution >= 0.6 is 0 Å². The fourth-order valence-electron chi connectivity index (χ4n) is 6.24. The van der Waals surface area contributed by atoms with Crippen molar-refractivity contribution < 1.29 is 27.3 Å².